The second kappa shape index (κ2) is 11.3. The van der Waals surface area contributed by atoms with E-state index in [1.54, 1.807) is 34.9 Å². The smallest absolute Gasteiger partial charge is 0.288 e. The first-order chi connectivity index (χ1) is 15.8. The third-order valence-electron chi connectivity index (χ3n) is 5.40. The Morgan fingerprint density at radius 2 is 1.91 bits per heavy atom. The van der Waals surface area contributed by atoms with Gasteiger partial charge in [-0.05, 0) is 42.7 Å². The van der Waals surface area contributed by atoms with Gasteiger partial charge in [0.25, 0.3) is 11.6 Å². The van der Waals surface area contributed by atoms with Gasteiger partial charge in [-0.3, -0.25) is 19.7 Å². The van der Waals surface area contributed by atoms with Crippen LogP contribution in [-0.4, -0.2) is 65.9 Å². The third kappa shape index (κ3) is 6.14. The monoisotopic (exact) mass is 494 g/mol. The number of thioether (sulfide) groups is 1. The normalized spacial score (nSPS) is 14.6. The van der Waals surface area contributed by atoms with Crippen molar-refractivity contribution < 1.29 is 18.9 Å². The van der Waals surface area contributed by atoms with Gasteiger partial charge in [-0.25, -0.2) is 4.39 Å². The first kappa shape index (κ1) is 24.8. The Morgan fingerprint density at radius 3 is 2.55 bits per heavy atom. The molecule has 3 rings (SSSR count). The van der Waals surface area contributed by atoms with Gasteiger partial charge in [-0.2, -0.15) is 11.8 Å². The minimum Gasteiger partial charge on any atom is -0.366 e. The molecule has 0 saturated carbocycles. The first-order valence-electron chi connectivity index (χ1n) is 10.3. The highest BCUT2D eigenvalue weighted by atomic mass is 35.5. The molecule has 176 valence electrons. The number of piperazine rings is 1. The molecule has 33 heavy (non-hydrogen) atoms. The van der Waals surface area contributed by atoms with Crippen molar-refractivity contribution in [2.24, 2.45) is 0 Å². The van der Waals surface area contributed by atoms with Crippen LogP contribution in [0, 0.1) is 15.9 Å². The lowest BCUT2D eigenvalue weighted by Crippen LogP contribution is -2.55. The number of hydrogen-bond acceptors (Lipinski definition) is 6. The molecule has 0 radical (unpaired) electrons. The quantitative estimate of drug-likeness (QED) is 0.445. The van der Waals surface area contributed by atoms with Crippen LogP contribution in [0.5, 0.6) is 0 Å². The number of hydrogen-bond donors (Lipinski definition) is 1. The van der Waals surface area contributed by atoms with Gasteiger partial charge in [-0.15, -0.1) is 0 Å². The van der Waals surface area contributed by atoms with Crippen molar-refractivity contribution in [3.8, 4) is 0 Å². The van der Waals surface area contributed by atoms with E-state index in [0.29, 0.717) is 44.0 Å². The maximum Gasteiger partial charge on any atom is 0.288 e. The van der Waals surface area contributed by atoms with Crippen molar-refractivity contribution >= 4 is 46.6 Å². The SMILES string of the molecule is CSCCC(NC(=O)c1ccc(Cl)c([N+](=O)[O-])c1)C(=O)N1CCN(c2ccccc2F)CC1. The van der Waals surface area contributed by atoms with Crippen LogP contribution in [-0.2, 0) is 4.79 Å². The van der Waals surface area contributed by atoms with E-state index in [-0.39, 0.29) is 28.0 Å². The number of anilines is 1. The van der Waals surface area contributed by atoms with Crippen LogP contribution < -0.4 is 10.2 Å². The Morgan fingerprint density at radius 1 is 1.21 bits per heavy atom. The molecule has 11 heteroatoms. The van der Waals surface area contributed by atoms with Crippen molar-refractivity contribution in [1.29, 1.82) is 0 Å². The highest BCUT2D eigenvalue weighted by molar-refractivity contribution is 7.98. The molecule has 2 aromatic rings. The van der Waals surface area contributed by atoms with Crippen LogP contribution in [0.25, 0.3) is 0 Å². The summed E-state index contributed by atoms with van der Waals surface area (Å²) in [4.78, 5) is 40.0. The predicted molar refractivity (Wildman–Crippen MR) is 128 cm³/mol. The summed E-state index contributed by atoms with van der Waals surface area (Å²) in [5.74, 6) is -0.472. The number of nitrogens with one attached hydrogen (secondary N) is 1. The summed E-state index contributed by atoms with van der Waals surface area (Å²) in [7, 11) is 0. The maximum absolute atomic E-state index is 14.1. The number of benzene rings is 2. The van der Waals surface area contributed by atoms with Crippen LogP contribution in [0.2, 0.25) is 5.02 Å². The fourth-order valence-electron chi connectivity index (χ4n) is 3.62. The molecular formula is C22H24ClFN4O4S. The van der Waals surface area contributed by atoms with Crippen molar-refractivity contribution in [1.82, 2.24) is 10.2 Å². The van der Waals surface area contributed by atoms with Gasteiger partial charge < -0.3 is 15.1 Å². The van der Waals surface area contributed by atoms with Crippen molar-refractivity contribution in [2.45, 2.75) is 12.5 Å². The minimum absolute atomic E-state index is 0.0532. The average Bonchev–Trinajstić information content (AvgIpc) is 2.81. The fraction of sp³-hybridized carbons (Fsp3) is 0.364. The number of rotatable bonds is 8. The van der Waals surface area contributed by atoms with E-state index in [9.17, 15) is 24.1 Å². The van der Waals surface area contributed by atoms with Gasteiger partial charge in [0.05, 0.1) is 10.6 Å². The van der Waals surface area contributed by atoms with Gasteiger partial charge in [0.1, 0.15) is 16.9 Å². The van der Waals surface area contributed by atoms with E-state index in [4.69, 9.17) is 11.6 Å². The Balaban J connectivity index is 1.68. The molecule has 0 aliphatic carbocycles. The number of nitro groups is 1. The number of nitro benzene ring substituents is 1. The van der Waals surface area contributed by atoms with E-state index in [1.807, 2.05) is 11.2 Å². The lowest BCUT2D eigenvalue weighted by molar-refractivity contribution is -0.384. The molecule has 1 aliphatic heterocycles. The summed E-state index contributed by atoms with van der Waals surface area (Å²) in [6.45, 7) is 1.73. The molecule has 0 bridgehead atoms. The summed E-state index contributed by atoms with van der Waals surface area (Å²) in [6.07, 6.45) is 2.31. The molecule has 1 N–H and O–H groups in total. The summed E-state index contributed by atoms with van der Waals surface area (Å²) >= 11 is 7.37. The van der Waals surface area contributed by atoms with Gasteiger partial charge in [0.15, 0.2) is 0 Å². The Bertz CT molecular complexity index is 1030. The lowest BCUT2D eigenvalue weighted by Gasteiger charge is -2.37. The number of carbonyl (C=O) groups excluding carboxylic acids is 2. The van der Waals surface area contributed by atoms with Crippen LogP contribution in [0.1, 0.15) is 16.8 Å². The van der Waals surface area contributed by atoms with Crippen molar-refractivity contribution in [2.75, 3.05) is 43.1 Å². The largest absolute Gasteiger partial charge is 0.366 e. The molecule has 1 aliphatic rings. The molecule has 1 saturated heterocycles. The number of halogens is 2. The molecule has 2 amide bonds. The second-order valence-electron chi connectivity index (χ2n) is 7.49. The molecule has 8 nitrogen and oxygen atoms in total. The zero-order valence-electron chi connectivity index (χ0n) is 18.0. The van der Waals surface area contributed by atoms with Crippen LogP contribution in [0.4, 0.5) is 15.8 Å². The topological polar surface area (TPSA) is 95.8 Å². The predicted octanol–water partition coefficient (Wildman–Crippen LogP) is 3.59. The summed E-state index contributed by atoms with van der Waals surface area (Å²) in [5, 5.41) is 13.8. The van der Waals surface area contributed by atoms with E-state index < -0.39 is 16.9 Å². The average molecular weight is 495 g/mol. The van der Waals surface area contributed by atoms with Crippen molar-refractivity contribution in [3.05, 3.63) is 69.0 Å². The number of nitrogens with zero attached hydrogens (tertiary/aromatic N) is 3. The first-order valence-corrected chi connectivity index (χ1v) is 12.1. The lowest BCUT2D eigenvalue weighted by atomic mass is 10.1. The minimum atomic E-state index is -0.778. The molecule has 2 aromatic carbocycles. The summed E-state index contributed by atoms with van der Waals surface area (Å²) < 4.78 is 14.1. The van der Waals surface area contributed by atoms with E-state index in [2.05, 4.69) is 5.32 Å². The van der Waals surface area contributed by atoms with Gasteiger partial charge >= 0.3 is 0 Å². The zero-order chi connectivity index (χ0) is 24.0. The number of para-hydroxylation sites is 1. The van der Waals surface area contributed by atoms with Gasteiger partial charge in [-0.1, -0.05) is 23.7 Å². The Labute approximate surface area is 200 Å². The van der Waals surface area contributed by atoms with E-state index >= 15 is 0 Å². The van der Waals surface area contributed by atoms with E-state index in [1.165, 1.54) is 18.2 Å². The standard InChI is InChI=1S/C22H24ClFN4O4S/c1-33-13-8-18(25-21(29)15-6-7-16(23)20(14-15)28(31)32)22(30)27-11-9-26(10-12-27)19-5-3-2-4-17(19)24/h2-7,14,18H,8-13H2,1H3,(H,25,29). The third-order valence-corrected chi connectivity index (χ3v) is 6.37. The summed E-state index contributed by atoms with van der Waals surface area (Å²) in [5.41, 5.74) is 0.180. The molecule has 1 unspecified atom stereocenters. The van der Waals surface area contributed by atoms with Gasteiger partial charge in [0, 0.05) is 37.8 Å². The molecule has 0 aromatic heterocycles. The molecule has 1 fully saturated rings. The number of amides is 2. The van der Waals surface area contributed by atoms with Crippen LogP contribution in [0.15, 0.2) is 42.5 Å². The molecule has 1 heterocycles. The zero-order valence-corrected chi connectivity index (χ0v) is 19.6. The number of carbonyl (C=O) groups is 2. The second-order valence-corrected chi connectivity index (χ2v) is 8.89. The van der Waals surface area contributed by atoms with Crippen molar-refractivity contribution in [3.63, 3.8) is 0 Å². The van der Waals surface area contributed by atoms with Crippen LogP contribution >= 0.6 is 23.4 Å². The van der Waals surface area contributed by atoms with Gasteiger partial charge in [0.2, 0.25) is 5.91 Å². The highest BCUT2D eigenvalue weighted by Crippen LogP contribution is 2.25. The molecule has 0 spiro atoms. The molecule has 1 atom stereocenters. The van der Waals surface area contributed by atoms with E-state index in [0.717, 1.165) is 6.07 Å². The van der Waals surface area contributed by atoms with Crippen LogP contribution in [0.3, 0.4) is 0 Å². The summed E-state index contributed by atoms with van der Waals surface area (Å²) in [6, 6.07) is 9.50. The Hall–Kier alpha value is -2.85. The fourth-order valence-corrected chi connectivity index (χ4v) is 4.28. The highest BCUT2D eigenvalue weighted by Gasteiger charge is 2.29. The Kier molecular flexibility index (Phi) is 8.51. The maximum atomic E-state index is 14.1. The molecular weight excluding hydrogens is 471 g/mol.